The van der Waals surface area contributed by atoms with Crippen LogP contribution in [-0.2, 0) is 6.42 Å². The molecule has 0 N–H and O–H groups in total. The van der Waals surface area contributed by atoms with Crippen molar-refractivity contribution in [3.63, 3.8) is 0 Å². The van der Waals surface area contributed by atoms with Gasteiger partial charge in [0.25, 0.3) is 0 Å². The fourth-order valence-corrected chi connectivity index (χ4v) is 2.74. The summed E-state index contributed by atoms with van der Waals surface area (Å²) >= 11 is 6.19. The van der Waals surface area contributed by atoms with Gasteiger partial charge in [0.05, 0.1) is 0 Å². The number of halogens is 2. The maximum absolute atomic E-state index is 12.7. The number of rotatable bonds is 2. The predicted molar refractivity (Wildman–Crippen MR) is 61.6 cm³/mol. The highest BCUT2D eigenvalue weighted by molar-refractivity contribution is 6.20. The molecule has 1 aliphatic rings. The Hall–Kier alpha value is -0.560. The second kappa shape index (κ2) is 4.52. The van der Waals surface area contributed by atoms with E-state index in [2.05, 4.69) is 6.92 Å². The van der Waals surface area contributed by atoms with Gasteiger partial charge >= 0.3 is 0 Å². The van der Waals surface area contributed by atoms with E-state index in [1.165, 1.54) is 24.1 Å². The fraction of sp³-hybridized carbons (Fsp3) is 0.538. The first-order chi connectivity index (χ1) is 7.16. The molecule has 0 saturated heterocycles. The summed E-state index contributed by atoms with van der Waals surface area (Å²) in [5.41, 5.74) is 1.22. The lowest BCUT2D eigenvalue weighted by atomic mass is 9.91. The summed E-state index contributed by atoms with van der Waals surface area (Å²) in [7, 11) is 0. The zero-order chi connectivity index (χ0) is 10.8. The molecular formula is C13H16ClF. The molecule has 1 saturated carbocycles. The topological polar surface area (TPSA) is 0 Å². The van der Waals surface area contributed by atoms with Crippen molar-refractivity contribution < 1.29 is 4.39 Å². The van der Waals surface area contributed by atoms with Gasteiger partial charge in [0, 0.05) is 5.38 Å². The summed E-state index contributed by atoms with van der Waals surface area (Å²) in [6, 6.07) is 6.83. The molecule has 1 aromatic carbocycles. The Morgan fingerprint density at radius 1 is 1.27 bits per heavy atom. The molecule has 1 aromatic rings. The third-order valence-electron chi connectivity index (χ3n) is 3.54. The molecule has 0 aliphatic heterocycles. The third-order valence-corrected chi connectivity index (χ3v) is 4.15. The minimum absolute atomic E-state index is 0.159. The number of benzene rings is 1. The highest BCUT2D eigenvalue weighted by Crippen LogP contribution is 2.37. The van der Waals surface area contributed by atoms with Gasteiger partial charge in [-0.15, -0.1) is 11.6 Å². The third kappa shape index (κ3) is 2.52. The van der Waals surface area contributed by atoms with Crippen molar-refractivity contribution in [1.29, 1.82) is 0 Å². The van der Waals surface area contributed by atoms with Crippen molar-refractivity contribution in [1.82, 2.24) is 0 Å². The average Bonchev–Trinajstić information content (AvgIpc) is 2.53. The molecule has 0 nitrogen and oxygen atoms in total. The van der Waals surface area contributed by atoms with E-state index in [4.69, 9.17) is 11.6 Å². The lowest BCUT2D eigenvalue weighted by molar-refractivity contribution is 0.419. The Morgan fingerprint density at radius 2 is 1.93 bits per heavy atom. The Kier molecular flexibility index (Phi) is 3.30. The van der Waals surface area contributed by atoms with Gasteiger partial charge in [-0.25, -0.2) is 4.39 Å². The van der Waals surface area contributed by atoms with Crippen LogP contribution in [0.4, 0.5) is 4.39 Å². The molecule has 0 heterocycles. The molecule has 3 atom stereocenters. The zero-order valence-corrected chi connectivity index (χ0v) is 9.67. The molecular weight excluding hydrogens is 211 g/mol. The SMILES string of the molecule is CC1C(Cl)CCC1Cc1ccc(F)cc1. The van der Waals surface area contributed by atoms with E-state index in [0.29, 0.717) is 17.2 Å². The van der Waals surface area contributed by atoms with Crippen LogP contribution in [0.5, 0.6) is 0 Å². The van der Waals surface area contributed by atoms with Crippen molar-refractivity contribution in [2.75, 3.05) is 0 Å². The van der Waals surface area contributed by atoms with Crippen LogP contribution in [0.3, 0.4) is 0 Å². The first-order valence-electron chi connectivity index (χ1n) is 5.55. The van der Waals surface area contributed by atoms with Gasteiger partial charge in [-0.2, -0.15) is 0 Å². The van der Waals surface area contributed by atoms with Gasteiger partial charge in [-0.1, -0.05) is 19.1 Å². The molecule has 82 valence electrons. The second-order valence-electron chi connectivity index (χ2n) is 4.54. The molecule has 2 heteroatoms. The summed E-state index contributed by atoms with van der Waals surface area (Å²) in [4.78, 5) is 0. The van der Waals surface area contributed by atoms with Crippen LogP contribution < -0.4 is 0 Å². The summed E-state index contributed by atoms with van der Waals surface area (Å²) in [5, 5.41) is 0.329. The summed E-state index contributed by atoms with van der Waals surface area (Å²) < 4.78 is 12.7. The lowest BCUT2D eigenvalue weighted by Gasteiger charge is -2.16. The fourth-order valence-electron chi connectivity index (χ4n) is 2.41. The van der Waals surface area contributed by atoms with Crippen LogP contribution in [0.15, 0.2) is 24.3 Å². The standard InChI is InChI=1S/C13H16ClF/c1-9-11(4-7-13(9)14)8-10-2-5-12(15)6-3-10/h2-3,5-6,9,11,13H,4,7-8H2,1H3. The summed E-state index contributed by atoms with van der Waals surface area (Å²) in [5.74, 6) is 1.09. The molecule has 1 fully saturated rings. The Bertz CT molecular complexity index is 320. The predicted octanol–water partition coefficient (Wildman–Crippen LogP) is 4.02. The highest BCUT2D eigenvalue weighted by atomic mass is 35.5. The van der Waals surface area contributed by atoms with Crippen molar-refractivity contribution in [3.8, 4) is 0 Å². The van der Waals surface area contributed by atoms with Crippen LogP contribution in [0.25, 0.3) is 0 Å². The zero-order valence-electron chi connectivity index (χ0n) is 8.92. The van der Waals surface area contributed by atoms with Crippen molar-refractivity contribution in [2.24, 2.45) is 11.8 Å². The second-order valence-corrected chi connectivity index (χ2v) is 5.10. The summed E-state index contributed by atoms with van der Waals surface area (Å²) in [6.07, 6.45) is 3.35. The van der Waals surface area contributed by atoms with Gasteiger partial charge in [0.15, 0.2) is 0 Å². The van der Waals surface area contributed by atoms with Crippen LogP contribution in [0.2, 0.25) is 0 Å². The minimum atomic E-state index is -0.159. The Morgan fingerprint density at radius 3 is 2.47 bits per heavy atom. The number of alkyl halides is 1. The maximum Gasteiger partial charge on any atom is 0.123 e. The van der Waals surface area contributed by atoms with Gasteiger partial charge < -0.3 is 0 Å². The quantitative estimate of drug-likeness (QED) is 0.669. The van der Waals surface area contributed by atoms with Gasteiger partial charge in [0.1, 0.15) is 5.82 Å². The van der Waals surface area contributed by atoms with E-state index in [1.54, 1.807) is 0 Å². The van der Waals surface area contributed by atoms with E-state index < -0.39 is 0 Å². The molecule has 15 heavy (non-hydrogen) atoms. The molecule has 0 amide bonds. The highest BCUT2D eigenvalue weighted by Gasteiger charge is 2.30. The number of hydrogen-bond donors (Lipinski definition) is 0. The van der Waals surface area contributed by atoms with Crippen LogP contribution >= 0.6 is 11.6 Å². The Labute approximate surface area is 95.4 Å². The van der Waals surface area contributed by atoms with Gasteiger partial charge in [0.2, 0.25) is 0 Å². The number of hydrogen-bond acceptors (Lipinski definition) is 0. The summed E-state index contributed by atoms with van der Waals surface area (Å²) in [6.45, 7) is 2.22. The van der Waals surface area contributed by atoms with Gasteiger partial charge in [-0.3, -0.25) is 0 Å². The van der Waals surface area contributed by atoms with E-state index in [1.807, 2.05) is 12.1 Å². The van der Waals surface area contributed by atoms with Crippen LogP contribution in [-0.4, -0.2) is 5.38 Å². The molecule has 1 aliphatic carbocycles. The van der Waals surface area contributed by atoms with Crippen molar-refractivity contribution >= 4 is 11.6 Å². The maximum atomic E-state index is 12.7. The van der Waals surface area contributed by atoms with E-state index >= 15 is 0 Å². The van der Waals surface area contributed by atoms with E-state index in [-0.39, 0.29) is 5.82 Å². The van der Waals surface area contributed by atoms with Crippen LogP contribution in [0.1, 0.15) is 25.3 Å². The molecule has 0 bridgehead atoms. The molecule has 2 rings (SSSR count). The molecule has 0 spiro atoms. The smallest absolute Gasteiger partial charge is 0.123 e. The van der Waals surface area contributed by atoms with E-state index in [9.17, 15) is 4.39 Å². The first-order valence-corrected chi connectivity index (χ1v) is 5.99. The Balaban J connectivity index is 2.00. The first kappa shape index (κ1) is 10.9. The van der Waals surface area contributed by atoms with Gasteiger partial charge in [-0.05, 0) is 48.8 Å². The molecule has 3 unspecified atom stereocenters. The van der Waals surface area contributed by atoms with Crippen molar-refractivity contribution in [3.05, 3.63) is 35.6 Å². The average molecular weight is 227 g/mol. The van der Waals surface area contributed by atoms with Crippen LogP contribution in [0, 0.1) is 17.7 Å². The minimum Gasteiger partial charge on any atom is -0.207 e. The van der Waals surface area contributed by atoms with E-state index in [0.717, 1.165) is 12.8 Å². The largest absolute Gasteiger partial charge is 0.207 e. The molecule has 0 aromatic heterocycles. The molecule has 0 radical (unpaired) electrons. The normalized spacial score (nSPS) is 30.7. The van der Waals surface area contributed by atoms with Crippen molar-refractivity contribution in [2.45, 2.75) is 31.6 Å². The lowest BCUT2D eigenvalue weighted by Crippen LogP contribution is -2.13. The monoisotopic (exact) mass is 226 g/mol.